The maximum Gasteiger partial charge on any atom is 0.00309 e. The number of fused-ring (bicyclic) bond motifs is 5. The van der Waals surface area contributed by atoms with E-state index < -0.39 is 0 Å². The van der Waals surface area contributed by atoms with Crippen molar-refractivity contribution in [1.82, 2.24) is 0 Å². The highest BCUT2D eigenvalue weighted by Gasteiger charge is 2.58. The summed E-state index contributed by atoms with van der Waals surface area (Å²) >= 11 is 0. The quantitative estimate of drug-likeness (QED) is 0.484. The third-order valence-electron chi connectivity index (χ3n) is 8.06. The van der Waals surface area contributed by atoms with Crippen molar-refractivity contribution >= 4 is 0 Å². The second-order valence-corrected chi connectivity index (χ2v) is 8.79. The molecule has 0 nitrogen and oxygen atoms in total. The van der Waals surface area contributed by atoms with Crippen LogP contribution in [-0.4, -0.2) is 0 Å². The van der Waals surface area contributed by atoms with E-state index in [0.29, 0.717) is 16.7 Å². The monoisotopic (exact) mass is 282 g/mol. The van der Waals surface area contributed by atoms with Crippen molar-refractivity contribution in [1.29, 1.82) is 0 Å². The van der Waals surface area contributed by atoms with Crippen molar-refractivity contribution < 1.29 is 0 Å². The summed E-state index contributed by atoms with van der Waals surface area (Å²) in [5, 5.41) is 0. The van der Waals surface area contributed by atoms with Crippen LogP contribution in [0.3, 0.4) is 0 Å². The van der Waals surface area contributed by atoms with Crippen molar-refractivity contribution in [3.8, 4) is 0 Å². The first-order valence-electron chi connectivity index (χ1n) is 8.99. The molecule has 0 aromatic heterocycles. The van der Waals surface area contributed by atoms with E-state index in [2.05, 4.69) is 39.2 Å². The molecule has 3 fully saturated rings. The molecule has 0 amide bonds. The van der Waals surface area contributed by atoms with Gasteiger partial charge < -0.3 is 0 Å². The van der Waals surface area contributed by atoms with Crippen LogP contribution in [0, 0.1) is 34.5 Å². The van der Waals surface area contributed by atoms with E-state index >= 15 is 0 Å². The normalized spacial score (nSPS) is 52.3. The van der Waals surface area contributed by atoms with Crippen LogP contribution in [-0.2, 0) is 0 Å². The van der Waals surface area contributed by atoms with E-state index in [0.717, 1.165) is 17.8 Å². The van der Waals surface area contributed by atoms with Crippen LogP contribution in [0.2, 0.25) is 0 Å². The first kappa shape index (κ1) is 13.9. The van der Waals surface area contributed by atoms with Gasteiger partial charge in [-0.1, -0.05) is 50.3 Å². The lowest BCUT2D eigenvalue weighted by molar-refractivity contribution is -0.0522. The average Bonchev–Trinajstić information content (AvgIpc) is 2.75. The Labute approximate surface area is 130 Å². The third-order valence-corrected chi connectivity index (χ3v) is 8.06. The fraction of sp³-hybridized carbons (Fsp3) is 0.714. The van der Waals surface area contributed by atoms with Gasteiger partial charge in [0.1, 0.15) is 0 Å². The summed E-state index contributed by atoms with van der Waals surface area (Å²) in [6.07, 6.45) is 14.3. The predicted molar refractivity (Wildman–Crippen MR) is 89.9 cm³/mol. The summed E-state index contributed by atoms with van der Waals surface area (Å²) in [4.78, 5) is 0. The van der Waals surface area contributed by atoms with E-state index in [4.69, 9.17) is 0 Å². The zero-order chi connectivity index (χ0) is 14.8. The fourth-order valence-electron chi connectivity index (χ4n) is 6.75. The Balaban J connectivity index is 1.73. The summed E-state index contributed by atoms with van der Waals surface area (Å²) in [5.74, 6) is 3.33. The van der Waals surface area contributed by atoms with Crippen molar-refractivity contribution in [3.63, 3.8) is 0 Å². The Bertz CT molecular complexity index is 524. The topological polar surface area (TPSA) is 0 Å². The zero-order valence-electron chi connectivity index (χ0n) is 13.8. The molecule has 0 aromatic carbocycles. The van der Waals surface area contributed by atoms with Crippen LogP contribution in [0.15, 0.2) is 36.5 Å². The molecule has 0 bridgehead atoms. The minimum atomic E-state index is 0.440. The van der Waals surface area contributed by atoms with Gasteiger partial charge in [0, 0.05) is 5.92 Å². The van der Waals surface area contributed by atoms with Crippen LogP contribution in [0.5, 0.6) is 0 Å². The highest BCUT2D eigenvalue weighted by Crippen LogP contribution is 2.67. The van der Waals surface area contributed by atoms with Gasteiger partial charge in [0.15, 0.2) is 0 Å². The van der Waals surface area contributed by atoms with Crippen LogP contribution < -0.4 is 0 Å². The second-order valence-electron chi connectivity index (χ2n) is 8.79. The Morgan fingerprint density at radius 3 is 2.71 bits per heavy atom. The van der Waals surface area contributed by atoms with Gasteiger partial charge in [0.25, 0.3) is 0 Å². The maximum absolute atomic E-state index is 4.52. The number of rotatable bonds is 0. The van der Waals surface area contributed by atoms with Crippen LogP contribution in [0.4, 0.5) is 0 Å². The van der Waals surface area contributed by atoms with Crippen molar-refractivity contribution in [2.45, 2.75) is 58.8 Å². The lowest BCUT2D eigenvalue weighted by Gasteiger charge is -2.59. The molecule has 0 heterocycles. The molecular formula is C21H30. The highest BCUT2D eigenvalue weighted by molar-refractivity contribution is 5.28. The minimum Gasteiger partial charge on any atom is -0.0993 e. The Hall–Kier alpha value is -0.780. The molecule has 0 aliphatic heterocycles. The van der Waals surface area contributed by atoms with Gasteiger partial charge in [-0.15, -0.1) is 0 Å². The standard InChI is InChI=1S/C21H30/c1-14-13-16-18-9-8-15(2)20(18,3)12-10-19(16)21(4)11-6-5-7-17(14)21/h5,7,16-19H,1-2,6,8-13H2,3-4H3/t16-,17?,18-,19-,20+,21-/m0/s1. The number of hydrogen-bond donors (Lipinski definition) is 0. The third kappa shape index (κ3) is 1.68. The Kier molecular flexibility index (Phi) is 2.88. The molecule has 4 aliphatic rings. The lowest BCUT2D eigenvalue weighted by Crippen LogP contribution is -2.51. The van der Waals surface area contributed by atoms with Gasteiger partial charge in [0.05, 0.1) is 0 Å². The Morgan fingerprint density at radius 1 is 1.10 bits per heavy atom. The second kappa shape index (κ2) is 4.37. The summed E-state index contributed by atoms with van der Waals surface area (Å²) in [6, 6.07) is 0. The highest BCUT2D eigenvalue weighted by atomic mass is 14.6. The first-order valence-corrected chi connectivity index (χ1v) is 8.99. The molecule has 4 aliphatic carbocycles. The smallest absolute Gasteiger partial charge is 0.00309 e. The summed E-state index contributed by atoms with van der Waals surface area (Å²) in [7, 11) is 0. The summed E-state index contributed by atoms with van der Waals surface area (Å²) < 4.78 is 0. The molecule has 114 valence electrons. The average molecular weight is 282 g/mol. The molecule has 3 saturated carbocycles. The molecule has 6 atom stereocenters. The van der Waals surface area contributed by atoms with Crippen molar-refractivity contribution in [2.24, 2.45) is 34.5 Å². The van der Waals surface area contributed by atoms with Crippen molar-refractivity contribution in [3.05, 3.63) is 36.5 Å². The van der Waals surface area contributed by atoms with Crippen molar-refractivity contribution in [2.75, 3.05) is 0 Å². The Morgan fingerprint density at radius 2 is 1.90 bits per heavy atom. The molecule has 21 heavy (non-hydrogen) atoms. The van der Waals surface area contributed by atoms with E-state index in [9.17, 15) is 0 Å². The lowest BCUT2D eigenvalue weighted by atomic mass is 9.45. The molecule has 0 spiro atoms. The molecule has 4 rings (SSSR count). The summed E-state index contributed by atoms with van der Waals surface area (Å²) in [6.45, 7) is 14.0. The van der Waals surface area contributed by atoms with E-state index in [1.807, 2.05) is 0 Å². The molecule has 0 saturated heterocycles. The van der Waals surface area contributed by atoms with Gasteiger partial charge in [-0.2, -0.15) is 0 Å². The molecule has 0 heteroatoms. The number of allylic oxidation sites excluding steroid dienone is 4. The van der Waals surface area contributed by atoms with Gasteiger partial charge in [-0.3, -0.25) is 0 Å². The van der Waals surface area contributed by atoms with Gasteiger partial charge in [0.2, 0.25) is 0 Å². The van der Waals surface area contributed by atoms with Crippen LogP contribution in [0.1, 0.15) is 58.8 Å². The predicted octanol–water partition coefficient (Wildman–Crippen LogP) is 5.92. The van der Waals surface area contributed by atoms with E-state index in [1.165, 1.54) is 50.5 Å². The molecule has 1 unspecified atom stereocenters. The van der Waals surface area contributed by atoms with E-state index in [1.54, 1.807) is 5.57 Å². The summed E-state index contributed by atoms with van der Waals surface area (Å²) in [5.41, 5.74) is 4.00. The number of hydrogen-bond acceptors (Lipinski definition) is 0. The van der Waals surface area contributed by atoms with Gasteiger partial charge in [-0.25, -0.2) is 0 Å². The molecule has 0 N–H and O–H groups in total. The fourth-order valence-corrected chi connectivity index (χ4v) is 6.75. The SMILES string of the molecule is C=C1C[C@@H]2[C@H](CC[C@]3(C)C(=C)CC[C@@H]23)[C@@]2(C)CCC=CC12. The zero-order valence-corrected chi connectivity index (χ0v) is 13.8. The molecular weight excluding hydrogens is 252 g/mol. The molecule has 0 aromatic rings. The molecule has 0 radical (unpaired) electrons. The first-order chi connectivity index (χ1) is 9.97. The van der Waals surface area contributed by atoms with Gasteiger partial charge >= 0.3 is 0 Å². The minimum absolute atomic E-state index is 0.440. The maximum atomic E-state index is 4.52. The van der Waals surface area contributed by atoms with E-state index in [-0.39, 0.29) is 0 Å². The van der Waals surface area contributed by atoms with Crippen LogP contribution in [0.25, 0.3) is 0 Å². The van der Waals surface area contributed by atoms with Crippen LogP contribution >= 0.6 is 0 Å². The largest absolute Gasteiger partial charge is 0.0993 e. The van der Waals surface area contributed by atoms with Gasteiger partial charge in [-0.05, 0) is 73.5 Å².